The number of hydrogen-bond acceptors (Lipinski definition) is 3. The van der Waals surface area contributed by atoms with Gasteiger partial charge in [0.15, 0.2) is 0 Å². The maximum atomic E-state index is 13.3. The largest absolute Gasteiger partial charge is 0.338 e. The van der Waals surface area contributed by atoms with Gasteiger partial charge in [-0.15, -0.1) is 0 Å². The Morgan fingerprint density at radius 2 is 1.93 bits per heavy atom. The van der Waals surface area contributed by atoms with Crippen LogP contribution in [0.25, 0.3) is 0 Å². The predicted octanol–water partition coefficient (Wildman–Crippen LogP) is 3.57. The van der Waals surface area contributed by atoms with Gasteiger partial charge in [-0.2, -0.15) is 0 Å². The van der Waals surface area contributed by atoms with Crippen LogP contribution in [0.1, 0.15) is 24.0 Å². The minimum Gasteiger partial charge on any atom is -0.338 e. The summed E-state index contributed by atoms with van der Waals surface area (Å²) in [6.45, 7) is 1.18. The molecule has 0 atom stereocenters. The van der Waals surface area contributed by atoms with Crippen LogP contribution in [-0.2, 0) is 27.8 Å². The molecule has 0 aromatic heterocycles. The summed E-state index contributed by atoms with van der Waals surface area (Å²) in [7, 11) is -3.89. The lowest BCUT2D eigenvalue weighted by atomic mass is 9.99. The molecule has 27 heavy (non-hydrogen) atoms. The van der Waals surface area contributed by atoms with E-state index in [-0.39, 0.29) is 21.7 Å². The summed E-state index contributed by atoms with van der Waals surface area (Å²) in [6, 6.07) is 8.59. The van der Waals surface area contributed by atoms with E-state index < -0.39 is 15.8 Å². The van der Waals surface area contributed by atoms with E-state index in [9.17, 15) is 17.6 Å². The standard InChI is InChI=1S/C19H18ClFN2O3S/c20-17-10-16(5-6-18(17)21)27(25,26)22-15-4-3-12-7-8-23(11-14(12)9-15)19(24)13-1-2-13/h3-6,9-10,13,22H,1-2,7-8,11H2. The first-order valence-electron chi connectivity index (χ1n) is 8.72. The molecule has 1 fully saturated rings. The second kappa shape index (κ2) is 6.80. The molecular weight excluding hydrogens is 391 g/mol. The van der Waals surface area contributed by atoms with Crippen molar-refractivity contribution in [2.45, 2.75) is 30.7 Å². The highest BCUT2D eigenvalue weighted by molar-refractivity contribution is 7.92. The molecule has 1 amide bonds. The van der Waals surface area contributed by atoms with Gasteiger partial charge in [-0.25, -0.2) is 12.8 Å². The van der Waals surface area contributed by atoms with Gasteiger partial charge in [0.25, 0.3) is 10.0 Å². The summed E-state index contributed by atoms with van der Waals surface area (Å²) in [4.78, 5) is 14.0. The number of halogens is 2. The molecule has 2 aromatic rings. The fourth-order valence-corrected chi connectivity index (χ4v) is 4.58. The van der Waals surface area contributed by atoms with E-state index in [0.717, 1.165) is 48.6 Å². The van der Waals surface area contributed by atoms with Crippen LogP contribution in [-0.4, -0.2) is 25.8 Å². The first kappa shape index (κ1) is 18.3. The van der Waals surface area contributed by atoms with Gasteiger partial charge in [0.1, 0.15) is 5.82 Å². The van der Waals surface area contributed by atoms with E-state index in [1.54, 1.807) is 12.1 Å². The first-order valence-corrected chi connectivity index (χ1v) is 10.6. The normalized spacial score (nSPS) is 16.7. The van der Waals surface area contributed by atoms with Crippen molar-refractivity contribution in [3.8, 4) is 0 Å². The number of carbonyl (C=O) groups is 1. The molecule has 4 rings (SSSR count). The molecule has 142 valence electrons. The van der Waals surface area contributed by atoms with E-state index in [4.69, 9.17) is 11.6 Å². The van der Waals surface area contributed by atoms with Gasteiger partial charge in [-0.05, 0) is 60.7 Å². The van der Waals surface area contributed by atoms with Gasteiger partial charge in [0.05, 0.1) is 9.92 Å². The second-order valence-electron chi connectivity index (χ2n) is 6.95. The predicted molar refractivity (Wildman–Crippen MR) is 101 cm³/mol. The number of benzene rings is 2. The smallest absolute Gasteiger partial charge is 0.261 e. The van der Waals surface area contributed by atoms with Crippen LogP contribution in [0.15, 0.2) is 41.3 Å². The molecule has 1 aliphatic carbocycles. The number of rotatable bonds is 4. The van der Waals surface area contributed by atoms with E-state index in [0.29, 0.717) is 18.8 Å². The molecule has 1 aliphatic heterocycles. The van der Waals surface area contributed by atoms with Crippen LogP contribution in [0.2, 0.25) is 5.02 Å². The highest BCUT2D eigenvalue weighted by Crippen LogP contribution is 2.33. The highest BCUT2D eigenvalue weighted by Gasteiger charge is 2.34. The fourth-order valence-electron chi connectivity index (χ4n) is 3.26. The van der Waals surface area contributed by atoms with Gasteiger partial charge >= 0.3 is 0 Å². The monoisotopic (exact) mass is 408 g/mol. The van der Waals surface area contributed by atoms with Crippen molar-refractivity contribution in [3.63, 3.8) is 0 Å². The van der Waals surface area contributed by atoms with Crippen LogP contribution >= 0.6 is 11.6 Å². The van der Waals surface area contributed by atoms with Crippen molar-refractivity contribution in [1.29, 1.82) is 0 Å². The number of sulfonamides is 1. The summed E-state index contributed by atoms with van der Waals surface area (Å²) in [5, 5.41) is -0.252. The minimum atomic E-state index is -3.89. The molecule has 0 radical (unpaired) electrons. The maximum Gasteiger partial charge on any atom is 0.261 e. The van der Waals surface area contributed by atoms with Gasteiger partial charge in [-0.3, -0.25) is 9.52 Å². The molecule has 8 heteroatoms. The van der Waals surface area contributed by atoms with Gasteiger partial charge in [0.2, 0.25) is 5.91 Å². The van der Waals surface area contributed by atoms with Crippen LogP contribution in [0.5, 0.6) is 0 Å². The number of anilines is 1. The Kier molecular flexibility index (Phi) is 4.60. The Morgan fingerprint density at radius 1 is 1.15 bits per heavy atom. The van der Waals surface area contributed by atoms with Crippen molar-refractivity contribution < 1.29 is 17.6 Å². The zero-order valence-electron chi connectivity index (χ0n) is 14.4. The third-order valence-electron chi connectivity index (χ3n) is 4.91. The van der Waals surface area contributed by atoms with E-state index in [1.807, 2.05) is 11.0 Å². The maximum absolute atomic E-state index is 13.3. The third kappa shape index (κ3) is 3.80. The van der Waals surface area contributed by atoms with Gasteiger partial charge < -0.3 is 4.90 Å². The number of carbonyl (C=O) groups excluding carboxylic acids is 1. The molecule has 0 spiro atoms. The summed E-state index contributed by atoms with van der Waals surface area (Å²) >= 11 is 5.69. The topological polar surface area (TPSA) is 66.5 Å². The lowest BCUT2D eigenvalue weighted by Gasteiger charge is -2.29. The molecule has 0 bridgehead atoms. The summed E-state index contributed by atoms with van der Waals surface area (Å²) < 4.78 is 40.9. The number of fused-ring (bicyclic) bond motifs is 1. The van der Waals surface area contributed by atoms with Gasteiger partial charge in [-0.1, -0.05) is 17.7 Å². The zero-order valence-corrected chi connectivity index (χ0v) is 16.0. The molecule has 2 aliphatic rings. The van der Waals surface area contributed by atoms with Crippen LogP contribution in [0.3, 0.4) is 0 Å². The molecule has 1 heterocycles. The summed E-state index contributed by atoms with van der Waals surface area (Å²) in [6.07, 6.45) is 2.68. The Bertz CT molecular complexity index is 1020. The van der Waals surface area contributed by atoms with E-state index >= 15 is 0 Å². The molecule has 1 saturated carbocycles. The van der Waals surface area contributed by atoms with Crippen LogP contribution in [0.4, 0.5) is 10.1 Å². The quantitative estimate of drug-likeness (QED) is 0.840. The van der Waals surface area contributed by atoms with Crippen LogP contribution in [0, 0.1) is 11.7 Å². The van der Waals surface area contributed by atoms with Crippen LogP contribution < -0.4 is 4.72 Å². The Hall–Kier alpha value is -2.12. The molecule has 0 saturated heterocycles. The Labute approximate surface area is 162 Å². The van der Waals surface area contributed by atoms with E-state index in [2.05, 4.69) is 4.72 Å². The highest BCUT2D eigenvalue weighted by atomic mass is 35.5. The van der Waals surface area contributed by atoms with Crippen molar-refractivity contribution in [2.24, 2.45) is 5.92 Å². The fraction of sp³-hybridized carbons (Fsp3) is 0.316. The molecule has 2 aromatic carbocycles. The molecule has 5 nitrogen and oxygen atoms in total. The molecule has 1 N–H and O–H groups in total. The lowest BCUT2D eigenvalue weighted by Crippen LogP contribution is -2.36. The summed E-state index contributed by atoms with van der Waals surface area (Å²) in [5.74, 6) is -0.325. The first-order chi connectivity index (χ1) is 12.8. The average Bonchev–Trinajstić information content (AvgIpc) is 3.47. The second-order valence-corrected chi connectivity index (χ2v) is 9.04. The minimum absolute atomic E-state index is 0.114. The third-order valence-corrected chi connectivity index (χ3v) is 6.58. The molecule has 0 unspecified atom stereocenters. The Balaban J connectivity index is 1.55. The number of hydrogen-bond donors (Lipinski definition) is 1. The number of amides is 1. The van der Waals surface area contributed by atoms with Crippen molar-refractivity contribution >= 4 is 33.2 Å². The van der Waals surface area contributed by atoms with Gasteiger partial charge in [0, 0.05) is 24.7 Å². The molecular formula is C19H18ClFN2O3S. The lowest BCUT2D eigenvalue weighted by molar-refractivity contribution is -0.133. The van der Waals surface area contributed by atoms with Crippen molar-refractivity contribution in [3.05, 3.63) is 58.4 Å². The zero-order chi connectivity index (χ0) is 19.2. The van der Waals surface area contributed by atoms with E-state index in [1.165, 1.54) is 0 Å². The average molecular weight is 409 g/mol. The SMILES string of the molecule is O=C(C1CC1)N1CCc2ccc(NS(=O)(=O)c3ccc(F)c(Cl)c3)cc2C1. The van der Waals surface area contributed by atoms with Crippen molar-refractivity contribution in [2.75, 3.05) is 11.3 Å². The number of nitrogens with zero attached hydrogens (tertiary/aromatic N) is 1. The summed E-state index contributed by atoms with van der Waals surface area (Å²) in [5.41, 5.74) is 2.45. The van der Waals surface area contributed by atoms with Crippen molar-refractivity contribution in [1.82, 2.24) is 4.90 Å². The Morgan fingerprint density at radius 3 is 2.63 bits per heavy atom. The number of nitrogens with one attached hydrogen (secondary N) is 1.